The van der Waals surface area contributed by atoms with Gasteiger partial charge in [0.05, 0.1) is 6.61 Å². The fourth-order valence-corrected chi connectivity index (χ4v) is 2.01. The lowest BCUT2D eigenvalue weighted by atomic mass is 10.2. The van der Waals surface area contributed by atoms with Crippen LogP contribution in [-0.4, -0.2) is 45.3 Å². The molecule has 0 spiro atoms. The predicted octanol–water partition coefficient (Wildman–Crippen LogP) is 2.40. The van der Waals surface area contributed by atoms with E-state index in [0.717, 1.165) is 44.2 Å². The predicted molar refractivity (Wildman–Crippen MR) is 77.1 cm³/mol. The molecule has 4 heteroatoms. The maximum absolute atomic E-state index is 5.96. The van der Waals surface area contributed by atoms with Crippen molar-refractivity contribution in [2.45, 2.75) is 13.0 Å². The van der Waals surface area contributed by atoms with Gasteiger partial charge in [-0.05, 0) is 44.3 Å². The van der Waals surface area contributed by atoms with Crippen molar-refractivity contribution in [3.8, 4) is 0 Å². The first-order valence-electron chi connectivity index (χ1n) is 6.35. The highest BCUT2D eigenvalue weighted by molar-refractivity contribution is 6.30. The van der Waals surface area contributed by atoms with Gasteiger partial charge in [-0.25, -0.2) is 0 Å². The van der Waals surface area contributed by atoms with Crippen molar-refractivity contribution in [2.24, 2.45) is 0 Å². The summed E-state index contributed by atoms with van der Waals surface area (Å²) in [5.41, 5.74) is 1.26. The van der Waals surface area contributed by atoms with Gasteiger partial charge in [0.25, 0.3) is 0 Å². The number of ether oxygens (including phenoxy) is 1. The van der Waals surface area contributed by atoms with Gasteiger partial charge in [0.2, 0.25) is 0 Å². The monoisotopic (exact) mass is 270 g/mol. The molecule has 1 aromatic rings. The summed E-state index contributed by atoms with van der Waals surface area (Å²) >= 11 is 5.96. The van der Waals surface area contributed by atoms with Gasteiger partial charge in [-0.3, -0.25) is 0 Å². The molecule has 0 heterocycles. The lowest BCUT2D eigenvalue weighted by Gasteiger charge is -2.16. The Kier molecular flexibility index (Phi) is 8.01. The van der Waals surface area contributed by atoms with E-state index in [2.05, 4.69) is 23.3 Å². The van der Waals surface area contributed by atoms with Gasteiger partial charge in [0, 0.05) is 25.2 Å². The van der Waals surface area contributed by atoms with E-state index in [4.69, 9.17) is 16.3 Å². The first kappa shape index (κ1) is 15.4. The second-order valence-electron chi connectivity index (χ2n) is 4.46. The summed E-state index contributed by atoms with van der Waals surface area (Å²) in [6.45, 7) is 4.75. The lowest BCUT2D eigenvalue weighted by Crippen LogP contribution is -2.25. The van der Waals surface area contributed by atoms with Crippen LogP contribution in [0, 0.1) is 0 Å². The minimum atomic E-state index is 0.776. The van der Waals surface area contributed by atoms with E-state index in [-0.39, 0.29) is 0 Å². The Balaban J connectivity index is 2.12. The highest BCUT2D eigenvalue weighted by atomic mass is 35.5. The molecule has 1 aromatic carbocycles. The van der Waals surface area contributed by atoms with Crippen LogP contribution in [0.1, 0.15) is 12.0 Å². The molecule has 1 N–H and O–H groups in total. The summed E-state index contributed by atoms with van der Waals surface area (Å²) in [6, 6.07) is 8.04. The van der Waals surface area contributed by atoms with Crippen molar-refractivity contribution >= 4 is 11.6 Å². The number of hydrogen-bond acceptors (Lipinski definition) is 3. The van der Waals surface area contributed by atoms with E-state index in [9.17, 15) is 0 Å². The third-order valence-corrected chi connectivity index (χ3v) is 2.95. The topological polar surface area (TPSA) is 24.5 Å². The molecule has 0 aromatic heterocycles. The quantitative estimate of drug-likeness (QED) is 0.698. The molecule has 0 atom stereocenters. The first-order valence-corrected chi connectivity index (χ1v) is 6.73. The standard InChI is InChI=1S/C14H23ClN2O/c1-17(9-4-7-16-8-10-18-2)12-13-5-3-6-14(15)11-13/h3,5-6,11,16H,4,7-10,12H2,1-2H3. The summed E-state index contributed by atoms with van der Waals surface area (Å²) in [5.74, 6) is 0. The minimum absolute atomic E-state index is 0.776. The molecular weight excluding hydrogens is 248 g/mol. The molecule has 102 valence electrons. The maximum atomic E-state index is 5.96. The largest absolute Gasteiger partial charge is 0.383 e. The van der Waals surface area contributed by atoms with E-state index in [0.29, 0.717) is 0 Å². The van der Waals surface area contributed by atoms with Crippen LogP contribution in [0.15, 0.2) is 24.3 Å². The number of nitrogens with zero attached hydrogens (tertiary/aromatic N) is 1. The van der Waals surface area contributed by atoms with Crippen LogP contribution in [0.4, 0.5) is 0 Å². The van der Waals surface area contributed by atoms with Crippen LogP contribution in [-0.2, 0) is 11.3 Å². The number of hydrogen-bond donors (Lipinski definition) is 1. The van der Waals surface area contributed by atoms with Crippen molar-refractivity contribution in [3.05, 3.63) is 34.9 Å². The van der Waals surface area contributed by atoms with Gasteiger partial charge >= 0.3 is 0 Å². The molecule has 1 rings (SSSR count). The Bertz CT molecular complexity index is 333. The van der Waals surface area contributed by atoms with Gasteiger partial charge < -0.3 is 15.0 Å². The van der Waals surface area contributed by atoms with E-state index >= 15 is 0 Å². The molecule has 0 aliphatic heterocycles. The number of rotatable bonds is 9. The van der Waals surface area contributed by atoms with Crippen molar-refractivity contribution in [3.63, 3.8) is 0 Å². The Hall–Kier alpha value is -0.610. The molecule has 0 aliphatic rings. The van der Waals surface area contributed by atoms with Crippen LogP contribution in [0.25, 0.3) is 0 Å². The Morgan fingerprint density at radius 2 is 2.17 bits per heavy atom. The zero-order valence-corrected chi connectivity index (χ0v) is 12.0. The summed E-state index contributed by atoms with van der Waals surface area (Å²) in [7, 11) is 3.86. The third kappa shape index (κ3) is 6.97. The lowest BCUT2D eigenvalue weighted by molar-refractivity contribution is 0.198. The molecule has 18 heavy (non-hydrogen) atoms. The number of halogens is 1. The van der Waals surface area contributed by atoms with Gasteiger partial charge in [-0.1, -0.05) is 23.7 Å². The molecule has 0 radical (unpaired) electrons. The molecule has 3 nitrogen and oxygen atoms in total. The van der Waals surface area contributed by atoms with Crippen LogP contribution >= 0.6 is 11.6 Å². The van der Waals surface area contributed by atoms with E-state index < -0.39 is 0 Å². The van der Waals surface area contributed by atoms with E-state index in [1.807, 2.05) is 18.2 Å². The molecule has 0 amide bonds. The molecule has 0 saturated carbocycles. The Morgan fingerprint density at radius 1 is 1.33 bits per heavy atom. The van der Waals surface area contributed by atoms with Crippen LogP contribution in [0.3, 0.4) is 0 Å². The van der Waals surface area contributed by atoms with Crippen molar-refractivity contribution in [1.82, 2.24) is 10.2 Å². The second kappa shape index (κ2) is 9.34. The summed E-state index contributed by atoms with van der Waals surface area (Å²) in [5, 5.41) is 4.15. The van der Waals surface area contributed by atoms with Crippen LogP contribution in [0.5, 0.6) is 0 Å². The molecule has 0 saturated heterocycles. The summed E-state index contributed by atoms with van der Waals surface area (Å²) in [4.78, 5) is 2.31. The Labute approximate surface area is 115 Å². The molecule has 0 fully saturated rings. The molecule has 0 aliphatic carbocycles. The zero-order valence-electron chi connectivity index (χ0n) is 11.3. The average Bonchev–Trinajstić information content (AvgIpc) is 2.33. The van der Waals surface area contributed by atoms with Crippen LogP contribution in [0.2, 0.25) is 5.02 Å². The molecule has 0 bridgehead atoms. The van der Waals surface area contributed by atoms with E-state index in [1.54, 1.807) is 7.11 Å². The maximum Gasteiger partial charge on any atom is 0.0587 e. The van der Waals surface area contributed by atoms with E-state index in [1.165, 1.54) is 5.56 Å². The smallest absolute Gasteiger partial charge is 0.0587 e. The highest BCUT2D eigenvalue weighted by Gasteiger charge is 2.00. The normalized spacial score (nSPS) is 11.1. The van der Waals surface area contributed by atoms with Crippen molar-refractivity contribution < 1.29 is 4.74 Å². The number of benzene rings is 1. The van der Waals surface area contributed by atoms with Crippen molar-refractivity contribution in [2.75, 3.05) is 40.4 Å². The molecular formula is C14H23ClN2O. The summed E-state index contributed by atoms with van der Waals surface area (Å²) < 4.78 is 4.97. The molecule has 0 unspecified atom stereocenters. The summed E-state index contributed by atoms with van der Waals surface area (Å²) in [6.07, 6.45) is 1.14. The number of nitrogens with one attached hydrogen (secondary N) is 1. The third-order valence-electron chi connectivity index (χ3n) is 2.72. The van der Waals surface area contributed by atoms with Gasteiger partial charge in [0.15, 0.2) is 0 Å². The first-order chi connectivity index (χ1) is 8.72. The fourth-order valence-electron chi connectivity index (χ4n) is 1.80. The van der Waals surface area contributed by atoms with Gasteiger partial charge in [0.1, 0.15) is 0 Å². The Morgan fingerprint density at radius 3 is 2.89 bits per heavy atom. The van der Waals surface area contributed by atoms with Gasteiger partial charge in [-0.2, -0.15) is 0 Å². The zero-order chi connectivity index (χ0) is 13.2. The fraction of sp³-hybridized carbons (Fsp3) is 0.571. The SMILES string of the molecule is COCCNCCCN(C)Cc1cccc(Cl)c1. The number of methoxy groups -OCH3 is 1. The van der Waals surface area contributed by atoms with Crippen molar-refractivity contribution in [1.29, 1.82) is 0 Å². The second-order valence-corrected chi connectivity index (χ2v) is 4.90. The average molecular weight is 271 g/mol. The highest BCUT2D eigenvalue weighted by Crippen LogP contribution is 2.12. The van der Waals surface area contributed by atoms with Gasteiger partial charge in [-0.15, -0.1) is 0 Å². The minimum Gasteiger partial charge on any atom is -0.383 e. The van der Waals surface area contributed by atoms with Crippen LogP contribution < -0.4 is 5.32 Å².